The molecule has 0 unspecified atom stereocenters. The molecule has 0 saturated heterocycles. The van der Waals surface area contributed by atoms with E-state index in [1.165, 1.54) is 0 Å². The van der Waals surface area contributed by atoms with Crippen molar-refractivity contribution in [1.82, 2.24) is 5.32 Å². The largest absolute Gasteiger partial charge is 0.465 e. The van der Waals surface area contributed by atoms with E-state index in [-0.39, 0.29) is 11.0 Å². The van der Waals surface area contributed by atoms with Crippen LogP contribution >= 0.6 is 0 Å². The number of aryl methyl sites for hydroxylation is 1. The molecule has 5 heteroatoms. The first kappa shape index (κ1) is 13.3. The fraction of sp³-hybridized carbons (Fsp3) is 0.636. The summed E-state index contributed by atoms with van der Waals surface area (Å²) < 4.78 is 28.3. The first-order chi connectivity index (χ1) is 7.42. The van der Waals surface area contributed by atoms with Crippen LogP contribution in [0.25, 0.3) is 0 Å². The summed E-state index contributed by atoms with van der Waals surface area (Å²) in [6.45, 7) is 6.31. The molecule has 1 aromatic rings. The lowest BCUT2D eigenvalue weighted by Gasteiger charge is -2.07. The molecule has 4 nitrogen and oxygen atoms in total. The van der Waals surface area contributed by atoms with E-state index in [2.05, 4.69) is 5.32 Å². The van der Waals surface area contributed by atoms with Gasteiger partial charge in [0, 0.05) is 6.54 Å². The minimum absolute atomic E-state index is 0.171. The fourth-order valence-electron chi connectivity index (χ4n) is 1.24. The van der Waals surface area contributed by atoms with E-state index >= 15 is 0 Å². The van der Waals surface area contributed by atoms with E-state index in [9.17, 15) is 8.42 Å². The number of furan rings is 1. The Morgan fingerprint density at radius 1 is 1.38 bits per heavy atom. The topological polar surface area (TPSA) is 59.3 Å². The maximum Gasteiger partial charge on any atom is 0.153 e. The first-order valence-corrected chi connectivity index (χ1v) is 7.11. The summed E-state index contributed by atoms with van der Waals surface area (Å²) >= 11 is 0. The van der Waals surface area contributed by atoms with E-state index in [4.69, 9.17) is 4.42 Å². The summed E-state index contributed by atoms with van der Waals surface area (Å²) in [6, 6.07) is 3.78. The standard InChI is InChI=1S/C11H19NO3S/c1-9(2)16(13,14)7-6-12-8-11-5-4-10(3)15-11/h4-5,9,12H,6-8H2,1-3H3. The van der Waals surface area contributed by atoms with Gasteiger partial charge in [0.05, 0.1) is 17.5 Å². The molecule has 0 aliphatic rings. The lowest BCUT2D eigenvalue weighted by atomic mass is 10.4. The number of sulfone groups is 1. The molecule has 1 N–H and O–H groups in total. The Labute approximate surface area is 97.0 Å². The van der Waals surface area contributed by atoms with Gasteiger partial charge in [-0.3, -0.25) is 0 Å². The van der Waals surface area contributed by atoms with Gasteiger partial charge >= 0.3 is 0 Å². The van der Waals surface area contributed by atoms with Crippen LogP contribution in [0.2, 0.25) is 0 Å². The molecule has 0 aliphatic carbocycles. The van der Waals surface area contributed by atoms with Gasteiger partial charge in [-0.25, -0.2) is 8.42 Å². The zero-order valence-electron chi connectivity index (χ0n) is 9.99. The monoisotopic (exact) mass is 245 g/mol. The van der Waals surface area contributed by atoms with Gasteiger partial charge in [0.2, 0.25) is 0 Å². The predicted octanol–water partition coefficient (Wildman–Crippen LogP) is 1.50. The molecule has 1 heterocycles. The summed E-state index contributed by atoms with van der Waals surface area (Å²) in [5, 5.41) is 2.75. The molecular weight excluding hydrogens is 226 g/mol. The summed E-state index contributed by atoms with van der Waals surface area (Å²) in [5.41, 5.74) is 0. The van der Waals surface area contributed by atoms with Crippen LogP contribution in [0.1, 0.15) is 25.4 Å². The molecule has 1 rings (SSSR count). The molecular formula is C11H19NO3S. The van der Waals surface area contributed by atoms with Crippen LogP contribution in [0.4, 0.5) is 0 Å². The summed E-state index contributed by atoms with van der Waals surface area (Å²) in [7, 11) is -2.94. The minimum Gasteiger partial charge on any atom is -0.465 e. The van der Waals surface area contributed by atoms with Crippen LogP contribution in [0.5, 0.6) is 0 Å². The highest BCUT2D eigenvalue weighted by Gasteiger charge is 2.14. The Kier molecular flexibility index (Phi) is 4.56. The van der Waals surface area contributed by atoms with Crippen LogP contribution in [-0.4, -0.2) is 26.0 Å². The molecule has 0 radical (unpaired) electrons. The van der Waals surface area contributed by atoms with E-state index in [0.717, 1.165) is 11.5 Å². The molecule has 0 bridgehead atoms. The number of hydrogen-bond acceptors (Lipinski definition) is 4. The maximum absolute atomic E-state index is 11.5. The normalized spacial score (nSPS) is 12.2. The van der Waals surface area contributed by atoms with E-state index < -0.39 is 9.84 Å². The molecule has 0 amide bonds. The SMILES string of the molecule is Cc1ccc(CNCCS(=O)(=O)C(C)C)o1. The van der Waals surface area contributed by atoms with Gasteiger partial charge in [-0.05, 0) is 32.9 Å². The van der Waals surface area contributed by atoms with Crippen LogP contribution in [-0.2, 0) is 16.4 Å². The number of rotatable bonds is 6. The third kappa shape index (κ3) is 3.98. The second-order valence-corrected chi connectivity index (χ2v) is 6.78. The Morgan fingerprint density at radius 2 is 2.06 bits per heavy atom. The lowest BCUT2D eigenvalue weighted by Crippen LogP contribution is -2.26. The summed E-state index contributed by atoms with van der Waals surface area (Å²) in [6.07, 6.45) is 0. The van der Waals surface area contributed by atoms with Crippen molar-refractivity contribution in [3.63, 3.8) is 0 Å². The average Bonchev–Trinajstić information content (AvgIpc) is 2.59. The van der Waals surface area contributed by atoms with Gasteiger partial charge in [0.1, 0.15) is 11.5 Å². The Bertz CT molecular complexity index is 420. The third-order valence-electron chi connectivity index (χ3n) is 2.38. The van der Waals surface area contributed by atoms with E-state index in [1.54, 1.807) is 13.8 Å². The Morgan fingerprint density at radius 3 is 2.56 bits per heavy atom. The van der Waals surface area contributed by atoms with Crippen LogP contribution in [0.15, 0.2) is 16.5 Å². The predicted molar refractivity (Wildman–Crippen MR) is 64.1 cm³/mol. The van der Waals surface area contributed by atoms with Gasteiger partial charge in [0.25, 0.3) is 0 Å². The summed E-state index contributed by atoms with van der Waals surface area (Å²) in [5.74, 6) is 1.87. The van der Waals surface area contributed by atoms with Crippen molar-refractivity contribution in [3.8, 4) is 0 Å². The van der Waals surface area contributed by atoms with Crippen LogP contribution in [0, 0.1) is 6.92 Å². The highest BCUT2D eigenvalue weighted by atomic mass is 32.2. The minimum atomic E-state index is -2.94. The molecule has 0 saturated carbocycles. The molecule has 1 aromatic heterocycles. The Hall–Kier alpha value is -0.810. The maximum atomic E-state index is 11.5. The van der Waals surface area contributed by atoms with Crippen LogP contribution in [0.3, 0.4) is 0 Å². The molecule has 0 aliphatic heterocycles. The number of nitrogens with one attached hydrogen (secondary N) is 1. The Balaban J connectivity index is 2.27. The van der Waals surface area contributed by atoms with Crippen LogP contribution < -0.4 is 5.32 Å². The molecule has 16 heavy (non-hydrogen) atoms. The molecule has 0 spiro atoms. The highest BCUT2D eigenvalue weighted by molar-refractivity contribution is 7.92. The van der Waals surface area contributed by atoms with Gasteiger partial charge < -0.3 is 9.73 Å². The zero-order valence-corrected chi connectivity index (χ0v) is 10.8. The van der Waals surface area contributed by atoms with Gasteiger partial charge in [0.15, 0.2) is 9.84 Å². The van der Waals surface area contributed by atoms with E-state index in [0.29, 0.717) is 13.1 Å². The van der Waals surface area contributed by atoms with Crippen molar-refractivity contribution >= 4 is 9.84 Å². The van der Waals surface area contributed by atoms with Crippen molar-refractivity contribution in [1.29, 1.82) is 0 Å². The average molecular weight is 245 g/mol. The second kappa shape index (κ2) is 5.50. The summed E-state index contributed by atoms with van der Waals surface area (Å²) in [4.78, 5) is 0. The molecule has 0 aromatic carbocycles. The second-order valence-electron chi connectivity index (χ2n) is 4.10. The smallest absolute Gasteiger partial charge is 0.153 e. The van der Waals surface area contributed by atoms with Crippen molar-refractivity contribution in [2.45, 2.75) is 32.6 Å². The van der Waals surface area contributed by atoms with Crippen molar-refractivity contribution in [3.05, 3.63) is 23.7 Å². The highest BCUT2D eigenvalue weighted by Crippen LogP contribution is 2.05. The molecule has 0 fully saturated rings. The fourth-order valence-corrected chi connectivity index (χ4v) is 2.14. The molecule has 92 valence electrons. The van der Waals surface area contributed by atoms with Gasteiger partial charge in [-0.1, -0.05) is 0 Å². The number of hydrogen-bond donors (Lipinski definition) is 1. The van der Waals surface area contributed by atoms with E-state index in [1.807, 2.05) is 19.1 Å². The molecule has 0 atom stereocenters. The quantitative estimate of drug-likeness (QED) is 0.772. The van der Waals surface area contributed by atoms with Gasteiger partial charge in [-0.15, -0.1) is 0 Å². The first-order valence-electron chi connectivity index (χ1n) is 5.39. The zero-order chi connectivity index (χ0) is 12.2. The van der Waals surface area contributed by atoms with Crippen molar-refractivity contribution < 1.29 is 12.8 Å². The van der Waals surface area contributed by atoms with Crippen molar-refractivity contribution in [2.75, 3.05) is 12.3 Å². The van der Waals surface area contributed by atoms with Gasteiger partial charge in [-0.2, -0.15) is 0 Å². The van der Waals surface area contributed by atoms with Crippen molar-refractivity contribution in [2.24, 2.45) is 0 Å². The third-order valence-corrected chi connectivity index (χ3v) is 4.59. The lowest BCUT2D eigenvalue weighted by molar-refractivity contribution is 0.465.